The van der Waals surface area contributed by atoms with Gasteiger partial charge in [-0.15, -0.1) is 0 Å². The van der Waals surface area contributed by atoms with Gasteiger partial charge in [0.25, 0.3) is 0 Å². The van der Waals surface area contributed by atoms with Gasteiger partial charge in [0.2, 0.25) is 0 Å². The predicted octanol–water partition coefficient (Wildman–Crippen LogP) is 12.7. The Balaban J connectivity index is 1.40. The maximum atomic E-state index is 8.82. The summed E-state index contributed by atoms with van der Waals surface area (Å²) in [4.78, 5) is 2.27. The minimum Gasteiger partial charge on any atom is -0.453 e. The highest BCUT2D eigenvalue weighted by molar-refractivity contribution is 6.17. The fraction of sp³-hybridized carbons (Fsp3) is 0.0667. The SMILES string of the molecule is [2H]c1c([2H])c([2H])c(-c2cccc3c2oc2c(N(c4ccccc4)c4ccc(-c5ccccc5)cc4)c4c(cc23)-c2ccccc2C4(C)C)c([2H])c1[2H]. The van der Waals surface area contributed by atoms with Crippen LogP contribution in [0.5, 0.6) is 0 Å². The second kappa shape index (κ2) is 10.6. The van der Waals surface area contributed by atoms with Crippen molar-refractivity contribution in [3.8, 4) is 33.4 Å². The molecular weight excluding hydrogens is 571 g/mol. The first-order valence-electron chi connectivity index (χ1n) is 18.4. The molecule has 0 spiro atoms. The van der Waals surface area contributed by atoms with E-state index in [9.17, 15) is 0 Å². The maximum Gasteiger partial charge on any atom is 0.159 e. The third-order valence-corrected chi connectivity index (χ3v) is 9.52. The van der Waals surface area contributed by atoms with Gasteiger partial charge in [-0.05, 0) is 69.3 Å². The highest BCUT2D eigenvalue weighted by atomic mass is 16.3. The summed E-state index contributed by atoms with van der Waals surface area (Å²) in [6.45, 7) is 4.52. The van der Waals surface area contributed by atoms with Crippen molar-refractivity contribution in [1.29, 1.82) is 0 Å². The van der Waals surface area contributed by atoms with Crippen LogP contribution in [0.25, 0.3) is 55.3 Å². The smallest absolute Gasteiger partial charge is 0.159 e. The number of benzene rings is 7. The molecule has 9 rings (SSSR count). The molecule has 0 unspecified atom stereocenters. The number of furan rings is 1. The maximum absolute atomic E-state index is 8.82. The molecule has 0 aliphatic heterocycles. The van der Waals surface area contributed by atoms with Crippen LogP contribution in [0.3, 0.4) is 0 Å². The Morgan fingerprint density at radius 3 is 1.94 bits per heavy atom. The quantitative estimate of drug-likeness (QED) is 0.193. The summed E-state index contributed by atoms with van der Waals surface area (Å²) in [7, 11) is 0. The van der Waals surface area contributed by atoms with Crippen LogP contribution in [0, 0.1) is 0 Å². The van der Waals surface area contributed by atoms with E-state index in [0.29, 0.717) is 16.7 Å². The van der Waals surface area contributed by atoms with Crippen molar-refractivity contribution >= 4 is 39.0 Å². The van der Waals surface area contributed by atoms with Crippen molar-refractivity contribution in [2.45, 2.75) is 19.3 Å². The van der Waals surface area contributed by atoms with E-state index in [1.54, 1.807) is 6.07 Å². The Hall–Kier alpha value is -5.86. The van der Waals surface area contributed by atoms with Gasteiger partial charge >= 0.3 is 0 Å². The fourth-order valence-corrected chi connectivity index (χ4v) is 7.37. The number of para-hydroxylation sites is 2. The van der Waals surface area contributed by atoms with Gasteiger partial charge in [0.15, 0.2) is 5.58 Å². The second-order valence-electron chi connectivity index (χ2n) is 12.6. The molecule has 2 heteroatoms. The molecule has 0 atom stereocenters. The third-order valence-electron chi connectivity index (χ3n) is 9.52. The molecule has 1 aromatic heterocycles. The summed E-state index contributed by atoms with van der Waals surface area (Å²) < 4.78 is 49.7. The second-order valence-corrected chi connectivity index (χ2v) is 12.6. The number of hydrogen-bond donors (Lipinski definition) is 0. The number of anilines is 3. The predicted molar refractivity (Wildman–Crippen MR) is 197 cm³/mol. The minimum absolute atomic E-state index is 0.117. The molecule has 0 saturated heterocycles. The lowest BCUT2D eigenvalue weighted by molar-refractivity contribution is 0.648. The molecule has 0 N–H and O–H groups in total. The Kier molecular flexibility index (Phi) is 5.10. The summed E-state index contributed by atoms with van der Waals surface area (Å²) in [6, 6.07) is 43.9. The van der Waals surface area contributed by atoms with Crippen LogP contribution < -0.4 is 4.90 Å². The number of nitrogens with zero attached hydrogens (tertiary/aromatic N) is 1. The van der Waals surface area contributed by atoms with E-state index in [4.69, 9.17) is 11.3 Å². The molecule has 0 amide bonds. The highest BCUT2D eigenvalue weighted by Gasteiger charge is 2.41. The number of rotatable bonds is 5. The zero-order valence-corrected chi connectivity index (χ0v) is 26.1. The van der Waals surface area contributed by atoms with Crippen molar-refractivity contribution in [2.75, 3.05) is 4.90 Å². The Labute approximate surface area is 282 Å². The molecule has 0 radical (unpaired) electrons. The van der Waals surface area contributed by atoms with E-state index >= 15 is 0 Å². The van der Waals surface area contributed by atoms with Crippen LogP contribution in [0.4, 0.5) is 17.1 Å². The Morgan fingerprint density at radius 1 is 0.532 bits per heavy atom. The molecule has 224 valence electrons. The lowest BCUT2D eigenvalue weighted by Crippen LogP contribution is -2.21. The largest absolute Gasteiger partial charge is 0.453 e. The molecule has 2 nitrogen and oxygen atoms in total. The first kappa shape index (κ1) is 22.6. The van der Waals surface area contributed by atoms with Gasteiger partial charge in [-0.25, -0.2) is 0 Å². The standard InChI is InChI=1S/C45H33NO/c1-45(2)40-24-13-12-21-36(40)38-29-39-37-23-14-22-35(32-17-8-4-9-18-32)43(37)47-44(39)42(41(38)45)46(33-19-10-5-11-20-33)34-27-25-31(26-28-34)30-15-6-3-7-16-30/h3-29H,1-2H3/i4D,8D,9D,17D,18D. The van der Waals surface area contributed by atoms with E-state index in [2.05, 4.69) is 97.6 Å². The Morgan fingerprint density at radius 2 is 1.17 bits per heavy atom. The summed E-state index contributed by atoms with van der Waals surface area (Å²) in [6.07, 6.45) is 0. The topological polar surface area (TPSA) is 16.4 Å². The molecule has 1 heterocycles. The monoisotopic (exact) mass is 608 g/mol. The third kappa shape index (κ3) is 4.26. The van der Waals surface area contributed by atoms with Gasteiger partial charge < -0.3 is 9.32 Å². The van der Waals surface area contributed by atoms with Crippen molar-refractivity contribution in [1.82, 2.24) is 0 Å². The van der Waals surface area contributed by atoms with Gasteiger partial charge in [-0.2, -0.15) is 0 Å². The molecular formula is C45H33NO. The van der Waals surface area contributed by atoms with Crippen LogP contribution in [0.1, 0.15) is 31.8 Å². The van der Waals surface area contributed by atoms with Gasteiger partial charge in [0, 0.05) is 33.1 Å². The van der Waals surface area contributed by atoms with Crippen LogP contribution in [0.15, 0.2) is 168 Å². The Bertz CT molecular complexity index is 2670. The molecule has 0 fully saturated rings. The summed E-state index contributed by atoms with van der Waals surface area (Å²) in [5.74, 6) is 0. The van der Waals surface area contributed by atoms with Gasteiger partial charge in [-0.3, -0.25) is 0 Å². The highest BCUT2D eigenvalue weighted by Crippen LogP contribution is 2.58. The van der Waals surface area contributed by atoms with Crippen LogP contribution >= 0.6 is 0 Å². The normalized spacial score (nSPS) is 14.6. The van der Waals surface area contributed by atoms with E-state index in [1.165, 1.54) is 5.56 Å². The van der Waals surface area contributed by atoms with E-state index in [-0.39, 0.29) is 29.7 Å². The summed E-state index contributed by atoms with van der Waals surface area (Å²) >= 11 is 0. The van der Waals surface area contributed by atoms with E-state index < -0.39 is 11.5 Å². The van der Waals surface area contributed by atoms with Gasteiger partial charge in [0.05, 0.1) is 12.5 Å². The molecule has 7 aromatic carbocycles. The molecule has 0 saturated carbocycles. The zero-order chi connectivity index (χ0) is 35.9. The van der Waals surface area contributed by atoms with Crippen molar-refractivity contribution in [2.24, 2.45) is 0 Å². The summed E-state index contributed by atoms with van der Waals surface area (Å²) in [5, 5.41) is 1.69. The van der Waals surface area contributed by atoms with Crippen molar-refractivity contribution in [3.63, 3.8) is 0 Å². The number of fused-ring (bicyclic) bond motifs is 6. The first-order valence-corrected chi connectivity index (χ1v) is 15.9. The fourth-order valence-electron chi connectivity index (χ4n) is 7.37. The molecule has 0 bridgehead atoms. The van der Waals surface area contributed by atoms with Crippen molar-refractivity contribution in [3.05, 3.63) is 175 Å². The zero-order valence-electron chi connectivity index (χ0n) is 31.1. The summed E-state index contributed by atoms with van der Waals surface area (Å²) in [5.41, 5.74) is 11.0. The van der Waals surface area contributed by atoms with Crippen molar-refractivity contribution < 1.29 is 11.3 Å². The van der Waals surface area contributed by atoms with Crippen LogP contribution in [-0.4, -0.2) is 0 Å². The molecule has 47 heavy (non-hydrogen) atoms. The lowest BCUT2D eigenvalue weighted by Gasteiger charge is -2.32. The van der Waals surface area contributed by atoms with Crippen LogP contribution in [0.2, 0.25) is 0 Å². The molecule has 1 aliphatic carbocycles. The molecule has 8 aromatic rings. The average molecular weight is 609 g/mol. The minimum atomic E-state index is -0.424. The first-order chi connectivity index (χ1) is 25.2. The van der Waals surface area contributed by atoms with E-state index in [0.717, 1.165) is 55.7 Å². The van der Waals surface area contributed by atoms with Gasteiger partial charge in [0.1, 0.15) is 5.58 Å². The van der Waals surface area contributed by atoms with E-state index in [1.807, 2.05) is 48.5 Å². The van der Waals surface area contributed by atoms with Crippen LogP contribution in [-0.2, 0) is 5.41 Å². The average Bonchev–Trinajstić information content (AvgIpc) is 3.67. The lowest BCUT2D eigenvalue weighted by atomic mass is 9.80. The number of hydrogen-bond acceptors (Lipinski definition) is 2. The van der Waals surface area contributed by atoms with Gasteiger partial charge in [-0.1, -0.05) is 147 Å². The molecule has 1 aliphatic rings.